The number of nitrogens with zero attached hydrogens (tertiary/aromatic N) is 5. The lowest BCUT2D eigenvalue weighted by molar-refractivity contribution is -0.141. The third-order valence-corrected chi connectivity index (χ3v) is 5.71. The van der Waals surface area contributed by atoms with Gasteiger partial charge in [0.05, 0.1) is 5.52 Å². The van der Waals surface area contributed by atoms with Gasteiger partial charge in [-0.25, -0.2) is 9.97 Å². The minimum absolute atomic E-state index is 0.572. The highest BCUT2D eigenvalue weighted by Crippen LogP contribution is 2.32. The Morgan fingerprint density at radius 3 is 2.53 bits per heavy atom. The lowest BCUT2D eigenvalue weighted by Gasteiger charge is -2.30. The minimum atomic E-state index is -4.46. The fraction of sp³-hybridized carbons (Fsp3) is 0.217. The number of anilines is 1. The van der Waals surface area contributed by atoms with Crippen LogP contribution in [0.5, 0.6) is 0 Å². The average molecular weight is 456 g/mol. The molecule has 0 aliphatic carbocycles. The normalized spacial score (nSPS) is 14.0. The molecule has 32 heavy (non-hydrogen) atoms. The van der Waals surface area contributed by atoms with Crippen LogP contribution in [-0.2, 0) is 19.1 Å². The first-order valence-electron chi connectivity index (χ1n) is 9.98. The summed E-state index contributed by atoms with van der Waals surface area (Å²) in [5.41, 5.74) is 3.19. The number of aromatic nitrogens is 4. The second kappa shape index (κ2) is 7.70. The van der Waals surface area contributed by atoms with E-state index in [0.29, 0.717) is 23.0 Å². The first kappa shape index (κ1) is 20.6. The number of rotatable bonds is 2. The fourth-order valence-electron chi connectivity index (χ4n) is 3.94. The maximum atomic E-state index is 12.8. The monoisotopic (exact) mass is 455 g/mol. The molecule has 0 N–H and O–H groups in total. The number of halogens is 4. The Morgan fingerprint density at radius 2 is 1.78 bits per heavy atom. The molecule has 0 amide bonds. The van der Waals surface area contributed by atoms with E-state index in [0.717, 1.165) is 52.6 Å². The molecule has 0 bridgehead atoms. The van der Waals surface area contributed by atoms with E-state index in [9.17, 15) is 13.2 Å². The summed E-state index contributed by atoms with van der Waals surface area (Å²) >= 11 is 6.22. The maximum absolute atomic E-state index is 12.8. The van der Waals surface area contributed by atoms with Crippen molar-refractivity contribution in [1.29, 1.82) is 0 Å². The molecule has 5 rings (SSSR count). The van der Waals surface area contributed by atoms with Gasteiger partial charge in [0.15, 0.2) is 0 Å². The van der Waals surface area contributed by atoms with Crippen LogP contribution in [0.1, 0.15) is 22.8 Å². The number of aryl methyl sites for hydroxylation is 1. The third-order valence-electron chi connectivity index (χ3n) is 5.48. The van der Waals surface area contributed by atoms with Gasteiger partial charge in [0, 0.05) is 59.1 Å². The van der Waals surface area contributed by atoms with Gasteiger partial charge in [0.1, 0.15) is 17.3 Å². The zero-order valence-corrected chi connectivity index (χ0v) is 17.7. The summed E-state index contributed by atoms with van der Waals surface area (Å²) < 4.78 is 38.5. The molecule has 1 aliphatic heterocycles. The topological polar surface area (TPSA) is 54.8 Å². The van der Waals surface area contributed by atoms with Crippen LogP contribution in [0.3, 0.4) is 0 Å². The standard InChI is InChI=1S/C23H17ClF3N5/c1-13-30-20-4-3-17(24)9-18(20)22(31-13)32-7-6-19-16(12-32)8-15(11-28-19)14-2-5-21(29-10-14)23(25,26)27/h2-5,8-11H,6-7,12H2,1H3. The highest BCUT2D eigenvalue weighted by atomic mass is 35.5. The van der Waals surface area contributed by atoms with Gasteiger partial charge in [-0.05, 0) is 42.8 Å². The van der Waals surface area contributed by atoms with Crippen molar-refractivity contribution >= 4 is 28.3 Å². The van der Waals surface area contributed by atoms with Crippen molar-refractivity contribution in [2.75, 3.05) is 11.4 Å². The molecular formula is C23H17ClF3N5. The first-order chi connectivity index (χ1) is 15.3. The Labute approximate surface area is 186 Å². The van der Waals surface area contributed by atoms with Gasteiger partial charge < -0.3 is 4.90 Å². The van der Waals surface area contributed by atoms with Crippen LogP contribution < -0.4 is 4.90 Å². The Bertz CT molecular complexity index is 1320. The molecule has 4 aromatic rings. The van der Waals surface area contributed by atoms with Gasteiger partial charge in [-0.1, -0.05) is 17.7 Å². The summed E-state index contributed by atoms with van der Waals surface area (Å²) in [6.07, 6.45) is -0.820. The van der Waals surface area contributed by atoms with E-state index in [1.807, 2.05) is 25.1 Å². The SMILES string of the molecule is Cc1nc(N2CCc3ncc(-c4ccc(C(F)(F)F)nc4)cc3C2)c2cc(Cl)ccc2n1. The van der Waals surface area contributed by atoms with Crippen molar-refractivity contribution < 1.29 is 13.2 Å². The molecule has 4 heterocycles. The summed E-state index contributed by atoms with van der Waals surface area (Å²) in [6, 6.07) is 9.92. The fourth-order valence-corrected chi connectivity index (χ4v) is 4.11. The Hall–Kier alpha value is -3.26. The van der Waals surface area contributed by atoms with Gasteiger partial charge in [-0.2, -0.15) is 13.2 Å². The van der Waals surface area contributed by atoms with E-state index in [4.69, 9.17) is 11.6 Å². The summed E-state index contributed by atoms with van der Waals surface area (Å²) in [6.45, 7) is 3.16. The van der Waals surface area contributed by atoms with Crippen LogP contribution in [-0.4, -0.2) is 26.5 Å². The highest BCUT2D eigenvalue weighted by Gasteiger charge is 2.32. The van der Waals surface area contributed by atoms with E-state index in [-0.39, 0.29) is 0 Å². The molecule has 0 radical (unpaired) electrons. The van der Waals surface area contributed by atoms with Gasteiger partial charge in [0.25, 0.3) is 0 Å². The van der Waals surface area contributed by atoms with Gasteiger partial charge in [-0.3, -0.25) is 9.97 Å². The number of alkyl halides is 3. The van der Waals surface area contributed by atoms with Gasteiger partial charge >= 0.3 is 6.18 Å². The van der Waals surface area contributed by atoms with E-state index < -0.39 is 11.9 Å². The van der Waals surface area contributed by atoms with Crippen molar-refractivity contribution in [1.82, 2.24) is 19.9 Å². The third kappa shape index (κ3) is 3.86. The second-order valence-corrected chi connectivity index (χ2v) is 8.12. The van der Waals surface area contributed by atoms with E-state index in [2.05, 4.69) is 24.8 Å². The van der Waals surface area contributed by atoms with E-state index in [1.54, 1.807) is 12.3 Å². The molecule has 0 unspecified atom stereocenters. The summed E-state index contributed by atoms with van der Waals surface area (Å²) in [5, 5.41) is 1.49. The van der Waals surface area contributed by atoms with Crippen molar-refractivity contribution in [3.8, 4) is 11.1 Å². The largest absolute Gasteiger partial charge is 0.433 e. The van der Waals surface area contributed by atoms with Crippen LogP contribution >= 0.6 is 11.6 Å². The Morgan fingerprint density at radius 1 is 0.969 bits per heavy atom. The summed E-state index contributed by atoms with van der Waals surface area (Å²) in [7, 11) is 0. The molecule has 0 fully saturated rings. The molecule has 9 heteroatoms. The lowest BCUT2D eigenvalue weighted by atomic mass is 10.0. The first-order valence-corrected chi connectivity index (χ1v) is 10.4. The van der Waals surface area contributed by atoms with Crippen LogP contribution in [0.25, 0.3) is 22.0 Å². The van der Waals surface area contributed by atoms with Crippen molar-refractivity contribution in [2.24, 2.45) is 0 Å². The number of hydrogen-bond donors (Lipinski definition) is 0. The average Bonchev–Trinajstić information content (AvgIpc) is 2.77. The molecule has 162 valence electrons. The summed E-state index contributed by atoms with van der Waals surface area (Å²) in [4.78, 5) is 19.4. The minimum Gasteiger partial charge on any atom is -0.351 e. The van der Waals surface area contributed by atoms with Crippen LogP contribution in [0.2, 0.25) is 5.02 Å². The van der Waals surface area contributed by atoms with Crippen molar-refractivity contribution in [2.45, 2.75) is 26.1 Å². The lowest BCUT2D eigenvalue weighted by Crippen LogP contribution is -2.32. The molecule has 1 aliphatic rings. The second-order valence-electron chi connectivity index (χ2n) is 7.69. The van der Waals surface area contributed by atoms with Crippen LogP contribution in [0, 0.1) is 6.92 Å². The Kier molecular flexibility index (Phi) is 4.97. The molecule has 0 spiro atoms. The van der Waals surface area contributed by atoms with E-state index >= 15 is 0 Å². The van der Waals surface area contributed by atoms with Crippen molar-refractivity contribution in [3.05, 3.63) is 76.6 Å². The summed E-state index contributed by atoms with van der Waals surface area (Å²) in [5.74, 6) is 1.48. The molecular weight excluding hydrogens is 439 g/mol. The van der Waals surface area contributed by atoms with E-state index in [1.165, 1.54) is 12.3 Å². The van der Waals surface area contributed by atoms with Crippen LogP contribution in [0.4, 0.5) is 19.0 Å². The molecule has 0 saturated heterocycles. The van der Waals surface area contributed by atoms with Gasteiger partial charge in [0.2, 0.25) is 0 Å². The maximum Gasteiger partial charge on any atom is 0.433 e. The number of benzene rings is 1. The highest BCUT2D eigenvalue weighted by molar-refractivity contribution is 6.31. The molecule has 1 aromatic carbocycles. The van der Waals surface area contributed by atoms with Crippen LogP contribution in [0.15, 0.2) is 48.8 Å². The zero-order chi connectivity index (χ0) is 22.5. The number of fused-ring (bicyclic) bond motifs is 2. The Balaban J connectivity index is 1.49. The predicted molar refractivity (Wildman–Crippen MR) is 117 cm³/mol. The van der Waals surface area contributed by atoms with Gasteiger partial charge in [-0.15, -0.1) is 0 Å². The molecule has 5 nitrogen and oxygen atoms in total. The molecule has 0 atom stereocenters. The zero-order valence-electron chi connectivity index (χ0n) is 17.0. The number of hydrogen-bond acceptors (Lipinski definition) is 5. The molecule has 3 aromatic heterocycles. The predicted octanol–water partition coefficient (Wildman–Crippen LogP) is 5.63. The molecule has 0 saturated carbocycles. The smallest absolute Gasteiger partial charge is 0.351 e. The number of pyridine rings is 2. The van der Waals surface area contributed by atoms with Crippen molar-refractivity contribution in [3.63, 3.8) is 0 Å². The quantitative estimate of drug-likeness (QED) is 0.392.